The third-order valence-corrected chi connectivity index (χ3v) is 5.57. The molecular formula is C24H26O5. The zero-order valence-electron chi connectivity index (χ0n) is 16.6. The zero-order chi connectivity index (χ0) is 20.7. The topological polar surface area (TPSA) is 69.7 Å². The van der Waals surface area contributed by atoms with E-state index in [1.54, 1.807) is 6.92 Å². The van der Waals surface area contributed by atoms with E-state index in [-0.39, 0.29) is 25.4 Å². The molecule has 3 rings (SSSR count). The van der Waals surface area contributed by atoms with Gasteiger partial charge < -0.3 is 9.47 Å². The lowest BCUT2D eigenvalue weighted by Gasteiger charge is -2.35. The minimum absolute atomic E-state index is 0.0687. The van der Waals surface area contributed by atoms with Crippen molar-refractivity contribution in [3.8, 4) is 0 Å². The fourth-order valence-corrected chi connectivity index (χ4v) is 3.68. The molecule has 152 valence electrons. The Kier molecular flexibility index (Phi) is 6.81. The largest absolute Gasteiger partial charge is 0.460 e. The van der Waals surface area contributed by atoms with E-state index in [1.165, 1.54) is 0 Å². The number of ether oxygens (including phenoxy) is 2. The number of esters is 2. The summed E-state index contributed by atoms with van der Waals surface area (Å²) in [7, 11) is 0. The monoisotopic (exact) mass is 394 g/mol. The number of carbonyl (C=O) groups is 3. The lowest BCUT2D eigenvalue weighted by molar-refractivity contribution is -0.178. The van der Waals surface area contributed by atoms with Gasteiger partial charge in [-0.15, -0.1) is 0 Å². The highest BCUT2D eigenvalue weighted by molar-refractivity contribution is 6.00. The number of rotatable bonds is 7. The van der Waals surface area contributed by atoms with Crippen molar-refractivity contribution in [2.45, 2.75) is 45.8 Å². The predicted octanol–water partition coefficient (Wildman–Crippen LogP) is 4.24. The average molecular weight is 394 g/mol. The average Bonchev–Trinajstić information content (AvgIpc) is 2.76. The Hall–Kier alpha value is -2.95. The molecule has 0 spiro atoms. The number of carbonyl (C=O) groups excluding carboxylic acids is 3. The SMILES string of the molecule is CC(C(=O)OCc1ccccc1)(C(=O)OCc1ccccc1)C1CCCC(=O)C1. The van der Waals surface area contributed by atoms with Crippen LogP contribution in [0.5, 0.6) is 0 Å². The summed E-state index contributed by atoms with van der Waals surface area (Å²) >= 11 is 0. The van der Waals surface area contributed by atoms with Crippen molar-refractivity contribution in [3.63, 3.8) is 0 Å². The van der Waals surface area contributed by atoms with Crippen molar-refractivity contribution in [2.24, 2.45) is 11.3 Å². The summed E-state index contributed by atoms with van der Waals surface area (Å²) in [5.74, 6) is -1.63. The van der Waals surface area contributed by atoms with E-state index < -0.39 is 23.3 Å². The highest BCUT2D eigenvalue weighted by Crippen LogP contribution is 2.40. The van der Waals surface area contributed by atoms with Crippen LogP contribution in [0.2, 0.25) is 0 Å². The van der Waals surface area contributed by atoms with E-state index in [9.17, 15) is 14.4 Å². The lowest BCUT2D eigenvalue weighted by Crippen LogP contribution is -2.47. The number of hydrogen-bond acceptors (Lipinski definition) is 5. The maximum Gasteiger partial charge on any atom is 0.323 e. The molecule has 0 amide bonds. The summed E-state index contributed by atoms with van der Waals surface area (Å²) in [4.78, 5) is 38.1. The van der Waals surface area contributed by atoms with Crippen LogP contribution < -0.4 is 0 Å². The first-order valence-corrected chi connectivity index (χ1v) is 9.94. The van der Waals surface area contributed by atoms with Gasteiger partial charge >= 0.3 is 11.9 Å². The summed E-state index contributed by atoms with van der Waals surface area (Å²) in [5, 5.41) is 0. The van der Waals surface area contributed by atoms with Gasteiger partial charge in [0, 0.05) is 12.8 Å². The van der Waals surface area contributed by atoms with Crippen LogP contribution in [0.1, 0.15) is 43.7 Å². The van der Waals surface area contributed by atoms with Gasteiger partial charge in [0.15, 0.2) is 5.41 Å². The van der Waals surface area contributed by atoms with E-state index >= 15 is 0 Å². The Morgan fingerprint density at radius 1 is 0.897 bits per heavy atom. The summed E-state index contributed by atoms with van der Waals surface area (Å²) in [6.45, 7) is 1.70. The normalized spacial score (nSPS) is 16.9. The van der Waals surface area contributed by atoms with Gasteiger partial charge in [-0.05, 0) is 36.8 Å². The maximum absolute atomic E-state index is 13.1. The molecule has 1 aliphatic rings. The Morgan fingerprint density at radius 2 is 1.38 bits per heavy atom. The molecule has 29 heavy (non-hydrogen) atoms. The summed E-state index contributed by atoms with van der Waals surface area (Å²) in [6.07, 6.45) is 1.96. The minimum Gasteiger partial charge on any atom is -0.460 e. The molecule has 5 heteroatoms. The van der Waals surface area contributed by atoms with Gasteiger partial charge in [-0.1, -0.05) is 60.7 Å². The second kappa shape index (κ2) is 9.50. The molecule has 0 saturated heterocycles. The Labute approximate surface area is 171 Å². The van der Waals surface area contributed by atoms with Crippen molar-refractivity contribution in [1.82, 2.24) is 0 Å². The molecule has 1 unspecified atom stereocenters. The third-order valence-electron chi connectivity index (χ3n) is 5.57. The minimum atomic E-state index is -1.51. The maximum atomic E-state index is 13.1. The molecule has 2 aromatic rings. The van der Waals surface area contributed by atoms with Crippen LogP contribution in [-0.4, -0.2) is 17.7 Å². The second-order valence-corrected chi connectivity index (χ2v) is 7.66. The fraction of sp³-hybridized carbons (Fsp3) is 0.375. The summed E-state index contributed by atoms with van der Waals surface area (Å²) in [6, 6.07) is 18.6. The Balaban J connectivity index is 1.75. The molecule has 0 heterocycles. The second-order valence-electron chi connectivity index (χ2n) is 7.66. The van der Waals surface area contributed by atoms with E-state index in [0.717, 1.165) is 11.1 Å². The molecule has 1 atom stereocenters. The number of hydrogen-bond donors (Lipinski definition) is 0. The standard InChI is InChI=1S/C24H26O5/c1-24(20-13-8-14-21(25)15-20,22(26)28-16-18-9-4-2-5-10-18)23(27)29-17-19-11-6-3-7-12-19/h2-7,9-12,20H,8,13-17H2,1H3. The van der Waals surface area contributed by atoms with Crippen molar-refractivity contribution >= 4 is 17.7 Å². The van der Waals surface area contributed by atoms with Gasteiger partial charge in [-0.25, -0.2) is 0 Å². The smallest absolute Gasteiger partial charge is 0.323 e. The first-order chi connectivity index (χ1) is 14.0. The molecular weight excluding hydrogens is 368 g/mol. The van der Waals surface area contributed by atoms with Gasteiger partial charge in [-0.3, -0.25) is 14.4 Å². The Bertz CT molecular complexity index is 789. The van der Waals surface area contributed by atoms with Gasteiger partial charge in [-0.2, -0.15) is 0 Å². The fourth-order valence-electron chi connectivity index (χ4n) is 3.68. The zero-order valence-corrected chi connectivity index (χ0v) is 16.6. The van der Waals surface area contributed by atoms with E-state index in [2.05, 4.69) is 0 Å². The van der Waals surface area contributed by atoms with Crippen molar-refractivity contribution in [3.05, 3.63) is 71.8 Å². The summed E-state index contributed by atoms with van der Waals surface area (Å²) < 4.78 is 11.0. The van der Waals surface area contributed by atoms with Gasteiger partial charge in [0.25, 0.3) is 0 Å². The quantitative estimate of drug-likeness (QED) is 0.519. The molecule has 5 nitrogen and oxygen atoms in total. The number of Topliss-reactive ketones (excluding diaryl/α,β-unsaturated/α-hetero) is 1. The van der Waals surface area contributed by atoms with Crippen LogP contribution >= 0.6 is 0 Å². The van der Waals surface area contributed by atoms with Crippen molar-refractivity contribution in [1.29, 1.82) is 0 Å². The van der Waals surface area contributed by atoms with Crippen LogP contribution in [0.15, 0.2) is 60.7 Å². The predicted molar refractivity (Wildman–Crippen MR) is 108 cm³/mol. The lowest BCUT2D eigenvalue weighted by atomic mass is 9.69. The number of ketones is 1. The Morgan fingerprint density at radius 3 is 1.83 bits per heavy atom. The van der Waals surface area contributed by atoms with Gasteiger partial charge in [0.05, 0.1) is 0 Å². The highest BCUT2D eigenvalue weighted by atomic mass is 16.6. The van der Waals surface area contributed by atoms with Gasteiger partial charge in [0.2, 0.25) is 0 Å². The first kappa shape index (κ1) is 20.8. The van der Waals surface area contributed by atoms with Gasteiger partial charge in [0.1, 0.15) is 19.0 Å². The highest BCUT2D eigenvalue weighted by Gasteiger charge is 2.52. The molecule has 2 aromatic carbocycles. The molecule has 1 fully saturated rings. The molecule has 0 radical (unpaired) electrons. The van der Waals surface area contributed by atoms with Crippen molar-refractivity contribution in [2.75, 3.05) is 0 Å². The molecule has 1 aliphatic carbocycles. The summed E-state index contributed by atoms with van der Waals surface area (Å²) in [5.41, 5.74) is 0.153. The molecule has 0 N–H and O–H groups in total. The van der Waals surface area contributed by atoms with E-state index in [0.29, 0.717) is 19.3 Å². The third kappa shape index (κ3) is 5.11. The molecule has 0 bridgehead atoms. The molecule has 0 aromatic heterocycles. The van der Waals surface area contributed by atoms with E-state index in [1.807, 2.05) is 60.7 Å². The number of benzene rings is 2. The van der Waals surface area contributed by atoms with Crippen LogP contribution in [0, 0.1) is 11.3 Å². The van der Waals surface area contributed by atoms with Crippen LogP contribution in [0.4, 0.5) is 0 Å². The van der Waals surface area contributed by atoms with E-state index in [4.69, 9.17) is 9.47 Å². The molecule has 1 saturated carbocycles. The van der Waals surface area contributed by atoms with Crippen LogP contribution in [0.25, 0.3) is 0 Å². The van der Waals surface area contributed by atoms with Crippen molar-refractivity contribution < 1.29 is 23.9 Å². The van der Waals surface area contributed by atoms with Crippen LogP contribution in [-0.2, 0) is 37.1 Å². The first-order valence-electron chi connectivity index (χ1n) is 9.94. The molecule has 0 aliphatic heterocycles. The van der Waals surface area contributed by atoms with Crippen LogP contribution in [0.3, 0.4) is 0 Å².